The molecule has 0 unspecified atom stereocenters. The van der Waals surface area contributed by atoms with Crippen molar-refractivity contribution in [3.8, 4) is 6.07 Å². The van der Waals surface area contributed by atoms with Crippen molar-refractivity contribution in [1.82, 2.24) is 9.80 Å². The van der Waals surface area contributed by atoms with Crippen LogP contribution < -0.4 is 0 Å². The first-order chi connectivity index (χ1) is 12.7. The van der Waals surface area contributed by atoms with Crippen molar-refractivity contribution >= 4 is 5.91 Å². The number of hydrogen-bond acceptors (Lipinski definition) is 4. The zero-order valence-electron chi connectivity index (χ0n) is 14.7. The minimum atomic E-state index is -0.513. The van der Waals surface area contributed by atoms with Crippen LogP contribution in [0.5, 0.6) is 0 Å². The van der Waals surface area contributed by atoms with Gasteiger partial charge in [0.15, 0.2) is 0 Å². The average molecular weight is 349 g/mol. The third-order valence-electron chi connectivity index (χ3n) is 4.73. The van der Waals surface area contributed by atoms with Gasteiger partial charge in [0, 0.05) is 38.3 Å². The lowest BCUT2D eigenvalue weighted by Crippen LogP contribution is -2.49. The number of piperazine rings is 1. The van der Waals surface area contributed by atoms with Crippen molar-refractivity contribution in [3.05, 3.63) is 71.3 Å². The summed E-state index contributed by atoms with van der Waals surface area (Å²) in [6, 6.07) is 19.1. The normalized spacial score (nSPS) is 16.1. The molecule has 26 heavy (non-hydrogen) atoms. The Labute approximate surface area is 154 Å². The quantitative estimate of drug-likeness (QED) is 0.899. The number of aliphatic hydroxyl groups excluding tert-OH is 1. The Balaban J connectivity index is 1.54. The number of carbonyl (C=O) groups is 1. The first-order valence-electron chi connectivity index (χ1n) is 8.88. The molecule has 2 aromatic rings. The Bertz CT molecular complexity index is 777. The zero-order chi connectivity index (χ0) is 18.4. The molecule has 1 saturated heterocycles. The fourth-order valence-electron chi connectivity index (χ4n) is 3.25. The van der Waals surface area contributed by atoms with Crippen LogP contribution in [0, 0.1) is 11.3 Å². The van der Waals surface area contributed by atoms with Crippen molar-refractivity contribution in [1.29, 1.82) is 5.26 Å². The summed E-state index contributed by atoms with van der Waals surface area (Å²) in [7, 11) is 0. The van der Waals surface area contributed by atoms with Gasteiger partial charge in [-0.15, -0.1) is 0 Å². The molecule has 1 heterocycles. The molecule has 0 aliphatic carbocycles. The second kappa shape index (κ2) is 8.61. The molecule has 0 aromatic heterocycles. The highest BCUT2D eigenvalue weighted by atomic mass is 16.3. The van der Waals surface area contributed by atoms with Crippen molar-refractivity contribution in [2.45, 2.75) is 12.5 Å². The van der Waals surface area contributed by atoms with E-state index in [4.69, 9.17) is 5.26 Å². The molecule has 1 aliphatic rings. The fraction of sp³-hybridized carbons (Fsp3) is 0.333. The van der Waals surface area contributed by atoms with Gasteiger partial charge in [0.25, 0.3) is 5.91 Å². The highest BCUT2D eigenvalue weighted by Crippen LogP contribution is 2.16. The van der Waals surface area contributed by atoms with Crippen molar-refractivity contribution in [2.75, 3.05) is 32.7 Å². The SMILES string of the molecule is N#CCc1cccc(C(=O)N2CCN(C[C@H](O)c3ccccc3)CC2)c1. The number of benzene rings is 2. The second-order valence-corrected chi connectivity index (χ2v) is 6.55. The van der Waals surface area contributed by atoms with E-state index in [1.807, 2.05) is 47.4 Å². The minimum Gasteiger partial charge on any atom is -0.387 e. The number of hydrogen-bond donors (Lipinski definition) is 1. The van der Waals surface area contributed by atoms with Crippen LogP contribution in [0.15, 0.2) is 54.6 Å². The largest absolute Gasteiger partial charge is 0.387 e. The van der Waals surface area contributed by atoms with Gasteiger partial charge < -0.3 is 10.0 Å². The molecule has 1 atom stereocenters. The molecule has 1 aliphatic heterocycles. The van der Waals surface area contributed by atoms with Gasteiger partial charge in [0.1, 0.15) is 0 Å². The van der Waals surface area contributed by atoms with Gasteiger partial charge in [-0.05, 0) is 23.3 Å². The molecule has 0 radical (unpaired) electrons. The molecular weight excluding hydrogens is 326 g/mol. The lowest BCUT2D eigenvalue weighted by molar-refractivity contribution is 0.0527. The Morgan fingerprint density at radius 2 is 1.81 bits per heavy atom. The molecule has 1 N–H and O–H groups in total. The number of amides is 1. The average Bonchev–Trinajstić information content (AvgIpc) is 2.69. The smallest absolute Gasteiger partial charge is 0.253 e. The van der Waals surface area contributed by atoms with E-state index >= 15 is 0 Å². The third kappa shape index (κ3) is 4.48. The van der Waals surface area contributed by atoms with E-state index < -0.39 is 6.10 Å². The molecule has 0 bridgehead atoms. The zero-order valence-corrected chi connectivity index (χ0v) is 14.7. The van der Waals surface area contributed by atoms with E-state index in [1.165, 1.54) is 0 Å². The first-order valence-corrected chi connectivity index (χ1v) is 8.88. The predicted octanol–water partition coefficient (Wildman–Crippen LogP) is 2.24. The summed E-state index contributed by atoms with van der Waals surface area (Å²) in [4.78, 5) is 16.7. The molecule has 5 nitrogen and oxygen atoms in total. The number of nitriles is 1. The molecule has 5 heteroatoms. The summed E-state index contributed by atoms with van der Waals surface area (Å²) in [6.07, 6.45) is -0.201. The van der Waals surface area contributed by atoms with E-state index in [2.05, 4.69) is 11.0 Å². The summed E-state index contributed by atoms with van der Waals surface area (Å²) in [5, 5.41) is 19.2. The van der Waals surface area contributed by atoms with Gasteiger partial charge in [-0.1, -0.05) is 42.5 Å². The van der Waals surface area contributed by atoms with E-state index in [1.54, 1.807) is 12.1 Å². The second-order valence-electron chi connectivity index (χ2n) is 6.55. The molecule has 0 spiro atoms. The van der Waals surface area contributed by atoms with Crippen molar-refractivity contribution in [2.24, 2.45) is 0 Å². The van der Waals surface area contributed by atoms with Gasteiger partial charge in [-0.2, -0.15) is 5.26 Å². The lowest BCUT2D eigenvalue weighted by atomic mass is 10.1. The summed E-state index contributed by atoms with van der Waals surface area (Å²) in [6.45, 7) is 3.34. The van der Waals surface area contributed by atoms with Crippen LogP contribution in [0.2, 0.25) is 0 Å². The number of β-amino-alcohol motifs (C(OH)–C–C–N with tert-alkyl or cyclic N) is 1. The van der Waals surface area contributed by atoms with Gasteiger partial charge >= 0.3 is 0 Å². The van der Waals surface area contributed by atoms with E-state index in [-0.39, 0.29) is 5.91 Å². The molecule has 2 aromatic carbocycles. The number of nitrogens with zero attached hydrogens (tertiary/aromatic N) is 3. The molecule has 3 rings (SSSR count). The van der Waals surface area contributed by atoms with E-state index in [0.29, 0.717) is 31.6 Å². The van der Waals surface area contributed by atoms with Crippen LogP contribution in [-0.4, -0.2) is 53.5 Å². The predicted molar refractivity (Wildman–Crippen MR) is 99.5 cm³/mol. The first kappa shape index (κ1) is 18.1. The summed E-state index contributed by atoms with van der Waals surface area (Å²) in [5.74, 6) is 0.00745. The maximum absolute atomic E-state index is 12.7. The van der Waals surface area contributed by atoms with Gasteiger partial charge in [-0.3, -0.25) is 9.69 Å². The molecule has 1 fully saturated rings. The topological polar surface area (TPSA) is 67.6 Å². The number of aliphatic hydroxyl groups is 1. The maximum atomic E-state index is 12.7. The fourth-order valence-corrected chi connectivity index (χ4v) is 3.25. The Kier molecular flexibility index (Phi) is 6.00. The van der Waals surface area contributed by atoms with Crippen LogP contribution in [0.4, 0.5) is 0 Å². The minimum absolute atomic E-state index is 0.00745. The molecule has 0 saturated carbocycles. The van der Waals surface area contributed by atoms with Crippen molar-refractivity contribution in [3.63, 3.8) is 0 Å². The highest BCUT2D eigenvalue weighted by Gasteiger charge is 2.23. The lowest BCUT2D eigenvalue weighted by Gasteiger charge is -2.35. The summed E-state index contributed by atoms with van der Waals surface area (Å²) < 4.78 is 0. The maximum Gasteiger partial charge on any atom is 0.253 e. The standard InChI is InChI=1S/C21H23N3O2/c22-10-9-17-5-4-8-19(15-17)21(26)24-13-11-23(12-14-24)16-20(25)18-6-2-1-3-7-18/h1-8,15,20,25H,9,11-14,16H2/t20-/m0/s1. The van der Waals surface area contributed by atoms with Gasteiger partial charge in [0.2, 0.25) is 0 Å². The summed E-state index contributed by atoms with van der Waals surface area (Å²) in [5.41, 5.74) is 2.42. The Morgan fingerprint density at radius 3 is 2.50 bits per heavy atom. The molecular formula is C21H23N3O2. The van der Waals surface area contributed by atoms with Crippen molar-refractivity contribution < 1.29 is 9.90 Å². The Morgan fingerprint density at radius 1 is 1.08 bits per heavy atom. The van der Waals surface area contributed by atoms with Gasteiger partial charge in [-0.25, -0.2) is 0 Å². The van der Waals surface area contributed by atoms with E-state index in [9.17, 15) is 9.90 Å². The van der Waals surface area contributed by atoms with Gasteiger partial charge in [0.05, 0.1) is 18.6 Å². The molecule has 1 amide bonds. The van der Waals surface area contributed by atoms with Crippen LogP contribution in [0.1, 0.15) is 27.6 Å². The third-order valence-corrected chi connectivity index (χ3v) is 4.73. The monoisotopic (exact) mass is 349 g/mol. The van der Waals surface area contributed by atoms with Crippen LogP contribution in [0.25, 0.3) is 0 Å². The van der Waals surface area contributed by atoms with Crippen LogP contribution in [0.3, 0.4) is 0 Å². The highest BCUT2D eigenvalue weighted by molar-refractivity contribution is 5.94. The van der Waals surface area contributed by atoms with E-state index in [0.717, 1.165) is 24.2 Å². The number of rotatable bonds is 5. The number of carbonyl (C=O) groups excluding carboxylic acids is 1. The summed E-state index contributed by atoms with van der Waals surface area (Å²) >= 11 is 0. The molecule has 134 valence electrons. The van der Waals surface area contributed by atoms with Crippen LogP contribution >= 0.6 is 0 Å². The van der Waals surface area contributed by atoms with Crippen LogP contribution in [-0.2, 0) is 6.42 Å². The Hall–Kier alpha value is -2.68.